The lowest BCUT2D eigenvalue weighted by Gasteiger charge is -2.36. The Morgan fingerprint density at radius 1 is 1.35 bits per heavy atom. The van der Waals surface area contributed by atoms with E-state index in [2.05, 4.69) is 41.0 Å². The number of nitrogens with zero attached hydrogens (tertiary/aromatic N) is 3. The Kier molecular flexibility index (Phi) is 3.78. The van der Waals surface area contributed by atoms with E-state index in [-0.39, 0.29) is 12.2 Å². The maximum atomic E-state index is 5.71. The molecule has 1 N–H and O–H groups in total. The van der Waals surface area contributed by atoms with Crippen LogP contribution < -0.4 is 10.2 Å². The lowest BCUT2D eigenvalue weighted by Crippen LogP contribution is -2.45. The molecule has 0 aromatic carbocycles. The molecule has 0 bridgehead atoms. The highest BCUT2D eigenvalue weighted by Gasteiger charge is 2.23. The monoisotopic (exact) mass is 236 g/mol. The summed E-state index contributed by atoms with van der Waals surface area (Å²) in [6.07, 6.45) is 2.10. The zero-order valence-corrected chi connectivity index (χ0v) is 10.7. The molecule has 5 heteroatoms. The lowest BCUT2D eigenvalue weighted by atomic mass is 10.2. The Bertz CT molecular complexity index is 361. The van der Waals surface area contributed by atoms with Gasteiger partial charge in [0, 0.05) is 25.7 Å². The number of morpholine rings is 1. The molecule has 1 aliphatic heterocycles. The fourth-order valence-electron chi connectivity index (χ4n) is 2.16. The van der Waals surface area contributed by atoms with Crippen molar-refractivity contribution in [2.75, 3.05) is 29.9 Å². The van der Waals surface area contributed by atoms with Gasteiger partial charge in [-0.3, -0.25) is 0 Å². The van der Waals surface area contributed by atoms with Gasteiger partial charge in [0.25, 0.3) is 0 Å². The second-order valence-corrected chi connectivity index (χ2v) is 4.45. The summed E-state index contributed by atoms with van der Waals surface area (Å²) >= 11 is 0. The summed E-state index contributed by atoms with van der Waals surface area (Å²) in [5, 5.41) is 3.20. The van der Waals surface area contributed by atoms with Crippen LogP contribution in [0.3, 0.4) is 0 Å². The van der Waals surface area contributed by atoms with Gasteiger partial charge < -0.3 is 15.0 Å². The Balaban J connectivity index is 2.12. The third kappa shape index (κ3) is 3.06. The zero-order chi connectivity index (χ0) is 12.3. The van der Waals surface area contributed by atoms with E-state index < -0.39 is 0 Å². The standard InChI is InChI=1S/C12H20N4O/c1-4-13-11-5-12(15-8-14-11)16-6-9(2)17-10(3)7-16/h5,8-10H,4,6-7H2,1-3H3,(H,13,14,15). The van der Waals surface area contributed by atoms with Crippen LogP contribution in [0.1, 0.15) is 20.8 Å². The first-order chi connectivity index (χ1) is 8.19. The highest BCUT2D eigenvalue weighted by molar-refractivity contribution is 5.48. The number of rotatable bonds is 3. The predicted molar refractivity (Wildman–Crippen MR) is 68.4 cm³/mol. The van der Waals surface area contributed by atoms with Crippen molar-refractivity contribution in [1.82, 2.24) is 9.97 Å². The maximum absolute atomic E-state index is 5.71. The summed E-state index contributed by atoms with van der Waals surface area (Å²) in [5.74, 6) is 1.85. The van der Waals surface area contributed by atoms with E-state index in [0.29, 0.717) is 0 Å². The number of anilines is 2. The Morgan fingerprint density at radius 2 is 2.06 bits per heavy atom. The fourth-order valence-corrected chi connectivity index (χ4v) is 2.16. The van der Waals surface area contributed by atoms with E-state index in [1.54, 1.807) is 6.33 Å². The summed E-state index contributed by atoms with van der Waals surface area (Å²) in [6.45, 7) is 8.87. The highest BCUT2D eigenvalue weighted by Crippen LogP contribution is 2.19. The minimum atomic E-state index is 0.247. The summed E-state index contributed by atoms with van der Waals surface area (Å²) in [5.41, 5.74) is 0. The van der Waals surface area contributed by atoms with Crippen LogP contribution in [-0.4, -0.2) is 41.8 Å². The van der Waals surface area contributed by atoms with Gasteiger partial charge in [0.05, 0.1) is 12.2 Å². The van der Waals surface area contributed by atoms with Crippen LogP contribution in [0.15, 0.2) is 12.4 Å². The molecule has 0 radical (unpaired) electrons. The van der Waals surface area contributed by atoms with Gasteiger partial charge in [-0.25, -0.2) is 9.97 Å². The van der Waals surface area contributed by atoms with Crippen molar-refractivity contribution in [3.63, 3.8) is 0 Å². The largest absolute Gasteiger partial charge is 0.372 e. The van der Waals surface area contributed by atoms with Gasteiger partial charge in [0.15, 0.2) is 0 Å². The van der Waals surface area contributed by atoms with E-state index in [1.807, 2.05) is 6.07 Å². The number of ether oxygens (including phenoxy) is 1. The molecule has 2 heterocycles. The molecule has 2 unspecified atom stereocenters. The van der Waals surface area contributed by atoms with E-state index in [4.69, 9.17) is 4.74 Å². The molecule has 1 saturated heterocycles. The number of hydrogen-bond donors (Lipinski definition) is 1. The molecule has 0 amide bonds. The van der Waals surface area contributed by atoms with Gasteiger partial charge >= 0.3 is 0 Å². The second kappa shape index (κ2) is 5.31. The van der Waals surface area contributed by atoms with Gasteiger partial charge in [0.1, 0.15) is 18.0 Å². The summed E-state index contributed by atoms with van der Waals surface area (Å²) in [4.78, 5) is 10.8. The molecule has 0 aliphatic carbocycles. The van der Waals surface area contributed by atoms with E-state index in [0.717, 1.165) is 31.3 Å². The summed E-state index contributed by atoms with van der Waals surface area (Å²) in [7, 11) is 0. The highest BCUT2D eigenvalue weighted by atomic mass is 16.5. The number of aromatic nitrogens is 2. The predicted octanol–water partition coefficient (Wildman–Crippen LogP) is 1.52. The van der Waals surface area contributed by atoms with E-state index in [1.165, 1.54) is 0 Å². The molecule has 2 atom stereocenters. The Labute approximate surface area is 102 Å². The molecular weight excluding hydrogens is 216 g/mol. The van der Waals surface area contributed by atoms with Crippen LogP contribution in [0, 0.1) is 0 Å². The molecule has 0 spiro atoms. The molecule has 1 aromatic rings. The topological polar surface area (TPSA) is 50.3 Å². The van der Waals surface area contributed by atoms with Gasteiger partial charge in [-0.1, -0.05) is 0 Å². The van der Waals surface area contributed by atoms with Crippen molar-refractivity contribution in [3.05, 3.63) is 12.4 Å². The molecule has 94 valence electrons. The Morgan fingerprint density at radius 3 is 2.71 bits per heavy atom. The maximum Gasteiger partial charge on any atom is 0.134 e. The molecule has 17 heavy (non-hydrogen) atoms. The molecule has 1 fully saturated rings. The fraction of sp³-hybridized carbons (Fsp3) is 0.667. The van der Waals surface area contributed by atoms with Crippen molar-refractivity contribution in [3.8, 4) is 0 Å². The van der Waals surface area contributed by atoms with Crippen LogP contribution in [0.25, 0.3) is 0 Å². The van der Waals surface area contributed by atoms with Crippen molar-refractivity contribution < 1.29 is 4.74 Å². The van der Waals surface area contributed by atoms with Gasteiger partial charge in [-0.15, -0.1) is 0 Å². The molecule has 2 rings (SSSR count). The smallest absolute Gasteiger partial charge is 0.134 e. The van der Waals surface area contributed by atoms with E-state index >= 15 is 0 Å². The molecular formula is C12H20N4O. The van der Waals surface area contributed by atoms with Crippen LogP contribution >= 0.6 is 0 Å². The molecule has 0 saturated carbocycles. The third-order valence-corrected chi connectivity index (χ3v) is 2.75. The van der Waals surface area contributed by atoms with Crippen LogP contribution in [0.4, 0.5) is 11.6 Å². The van der Waals surface area contributed by atoms with Gasteiger partial charge in [0.2, 0.25) is 0 Å². The average Bonchev–Trinajstić information content (AvgIpc) is 2.28. The number of hydrogen-bond acceptors (Lipinski definition) is 5. The SMILES string of the molecule is CCNc1cc(N2CC(C)OC(C)C2)ncn1. The average molecular weight is 236 g/mol. The quantitative estimate of drug-likeness (QED) is 0.862. The Hall–Kier alpha value is -1.36. The van der Waals surface area contributed by atoms with Crippen molar-refractivity contribution in [2.24, 2.45) is 0 Å². The zero-order valence-electron chi connectivity index (χ0n) is 10.7. The minimum absolute atomic E-state index is 0.247. The molecule has 1 aliphatic rings. The van der Waals surface area contributed by atoms with Crippen molar-refractivity contribution >= 4 is 11.6 Å². The third-order valence-electron chi connectivity index (χ3n) is 2.75. The van der Waals surface area contributed by atoms with Crippen molar-refractivity contribution in [2.45, 2.75) is 33.0 Å². The van der Waals surface area contributed by atoms with Gasteiger partial charge in [-0.05, 0) is 20.8 Å². The van der Waals surface area contributed by atoms with Crippen LogP contribution in [-0.2, 0) is 4.74 Å². The summed E-state index contributed by atoms with van der Waals surface area (Å²) < 4.78 is 5.71. The number of nitrogens with one attached hydrogen (secondary N) is 1. The van der Waals surface area contributed by atoms with Gasteiger partial charge in [-0.2, -0.15) is 0 Å². The molecule has 5 nitrogen and oxygen atoms in total. The van der Waals surface area contributed by atoms with Crippen LogP contribution in [0.5, 0.6) is 0 Å². The van der Waals surface area contributed by atoms with Crippen molar-refractivity contribution in [1.29, 1.82) is 0 Å². The molecule has 1 aromatic heterocycles. The van der Waals surface area contributed by atoms with E-state index in [9.17, 15) is 0 Å². The first-order valence-corrected chi connectivity index (χ1v) is 6.15. The minimum Gasteiger partial charge on any atom is -0.372 e. The first kappa shape index (κ1) is 12.1. The normalized spacial score (nSPS) is 24.8. The van der Waals surface area contributed by atoms with Crippen LogP contribution in [0.2, 0.25) is 0 Å². The first-order valence-electron chi connectivity index (χ1n) is 6.15. The summed E-state index contributed by atoms with van der Waals surface area (Å²) in [6, 6.07) is 1.99. The second-order valence-electron chi connectivity index (χ2n) is 4.45. The lowest BCUT2D eigenvalue weighted by molar-refractivity contribution is -0.00546.